The molecule has 1 aromatic heterocycles. The van der Waals surface area contributed by atoms with E-state index in [0.29, 0.717) is 17.9 Å². The zero-order valence-electron chi connectivity index (χ0n) is 10.3. The van der Waals surface area contributed by atoms with E-state index in [9.17, 15) is 13.5 Å². The van der Waals surface area contributed by atoms with Crippen LogP contribution in [0.3, 0.4) is 0 Å². The van der Waals surface area contributed by atoms with Gasteiger partial charge in [0.05, 0.1) is 24.3 Å². The fraction of sp³-hybridized carbons (Fsp3) is 0.583. The van der Waals surface area contributed by atoms with Gasteiger partial charge in [-0.2, -0.15) is 0 Å². The summed E-state index contributed by atoms with van der Waals surface area (Å²) >= 11 is 0. The quantitative estimate of drug-likeness (QED) is 0.879. The van der Waals surface area contributed by atoms with E-state index >= 15 is 0 Å². The predicted octanol–water partition coefficient (Wildman–Crippen LogP) is 0.877. The molecule has 0 aromatic carbocycles. The Kier molecular flexibility index (Phi) is 3.59. The third-order valence-corrected chi connectivity index (χ3v) is 4.75. The first kappa shape index (κ1) is 13.3. The number of ether oxygens (including phenoxy) is 1. The normalized spacial score (nSPS) is 26.1. The molecule has 0 bridgehead atoms. The molecule has 18 heavy (non-hydrogen) atoms. The standard InChI is InChI=1S/C12H17NO4S/c1-2-4-17-11-6-10(7-13-8-11)12(14)3-5-18(15,16)9-12/h6-8,14H,2-5,9H2,1H3. The summed E-state index contributed by atoms with van der Waals surface area (Å²) < 4.78 is 28.4. The summed E-state index contributed by atoms with van der Waals surface area (Å²) in [5.74, 6) is 0.342. The van der Waals surface area contributed by atoms with Crippen LogP contribution < -0.4 is 4.74 Å². The number of aliphatic hydroxyl groups is 1. The van der Waals surface area contributed by atoms with Gasteiger partial charge < -0.3 is 9.84 Å². The average molecular weight is 271 g/mol. The lowest BCUT2D eigenvalue weighted by atomic mass is 9.95. The molecule has 2 heterocycles. The molecule has 0 radical (unpaired) electrons. The molecule has 1 unspecified atom stereocenters. The van der Waals surface area contributed by atoms with E-state index in [1.165, 1.54) is 6.20 Å². The van der Waals surface area contributed by atoms with Crippen molar-refractivity contribution >= 4 is 9.84 Å². The third kappa shape index (κ3) is 2.81. The highest BCUT2D eigenvalue weighted by Gasteiger charge is 2.42. The zero-order valence-corrected chi connectivity index (χ0v) is 11.1. The van der Waals surface area contributed by atoms with Crippen molar-refractivity contribution in [1.82, 2.24) is 4.98 Å². The Morgan fingerprint density at radius 2 is 2.28 bits per heavy atom. The van der Waals surface area contributed by atoms with Crippen molar-refractivity contribution in [2.45, 2.75) is 25.4 Å². The Morgan fingerprint density at radius 1 is 1.50 bits per heavy atom. The Hall–Kier alpha value is -1.14. The van der Waals surface area contributed by atoms with Crippen LogP contribution in [0, 0.1) is 0 Å². The van der Waals surface area contributed by atoms with Gasteiger partial charge in [-0.3, -0.25) is 4.98 Å². The van der Waals surface area contributed by atoms with E-state index in [4.69, 9.17) is 4.74 Å². The minimum absolute atomic E-state index is 0.0174. The molecule has 5 nitrogen and oxygen atoms in total. The van der Waals surface area contributed by atoms with Crippen LogP contribution in [0.25, 0.3) is 0 Å². The van der Waals surface area contributed by atoms with Crippen LogP contribution in [-0.2, 0) is 15.4 Å². The van der Waals surface area contributed by atoms with Gasteiger partial charge in [-0.1, -0.05) is 6.92 Å². The van der Waals surface area contributed by atoms with Gasteiger partial charge in [0, 0.05) is 11.8 Å². The summed E-state index contributed by atoms with van der Waals surface area (Å²) in [5, 5.41) is 10.4. The molecule has 1 atom stereocenters. The van der Waals surface area contributed by atoms with E-state index in [-0.39, 0.29) is 17.9 Å². The monoisotopic (exact) mass is 271 g/mol. The molecule has 0 saturated carbocycles. The van der Waals surface area contributed by atoms with E-state index in [1.54, 1.807) is 12.3 Å². The molecule has 0 spiro atoms. The first-order valence-corrected chi connectivity index (χ1v) is 7.78. The van der Waals surface area contributed by atoms with Gasteiger partial charge in [0.25, 0.3) is 0 Å². The van der Waals surface area contributed by atoms with E-state index < -0.39 is 15.4 Å². The second-order valence-corrected chi connectivity index (χ2v) is 6.82. The molecule has 1 aliphatic rings. The van der Waals surface area contributed by atoms with Gasteiger partial charge in [-0.25, -0.2) is 8.42 Å². The highest BCUT2D eigenvalue weighted by Crippen LogP contribution is 2.34. The summed E-state index contributed by atoms with van der Waals surface area (Å²) in [6.07, 6.45) is 4.16. The molecule has 1 aromatic rings. The van der Waals surface area contributed by atoms with Crippen molar-refractivity contribution in [1.29, 1.82) is 0 Å². The lowest BCUT2D eigenvalue weighted by Crippen LogP contribution is -2.27. The fourth-order valence-electron chi connectivity index (χ4n) is 2.03. The van der Waals surface area contributed by atoms with Gasteiger partial charge in [0.2, 0.25) is 0 Å². The van der Waals surface area contributed by atoms with Gasteiger partial charge in [-0.15, -0.1) is 0 Å². The molecule has 1 saturated heterocycles. The van der Waals surface area contributed by atoms with Crippen molar-refractivity contribution in [3.63, 3.8) is 0 Å². The zero-order chi connectivity index (χ0) is 13.2. The lowest BCUT2D eigenvalue weighted by molar-refractivity contribution is 0.0646. The van der Waals surface area contributed by atoms with Gasteiger partial charge in [0.1, 0.15) is 11.4 Å². The number of rotatable bonds is 4. The smallest absolute Gasteiger partial charge is 0.153 e. The van der Waals surface area contributed by atoms with Crippen LogP contribution in [0.5, 0.6) is 5.75 Å². The van der Waals surface area contributed by atoms with Crippen molar-refractivity contribution in [3.8, 4) is 5.75 Å². The van der Waals surface area contributed by atoms with Crippen LogP contribution in [0.2, 0.25) is 0 Å². The minimum Gasteiger partial charge on any atom is -0.492 e. The van der Waals surface area contributed by atoms with Crippen LogP contribution >= 0.6 is 0 Å². The molecule has 2 rings (SSSR count). The van der Waals surface area contributed by atoms with Crippen molar-refractivity contribution in [2.24, 2.45) is 0 Å². The highest BCUT2D eigenvalue weighted by atomic mass is 32.2. The molecule has 1 N–H and O–H groups in total. The summed E-state index contributed by atoms with van der Waals surface area (Å²) in [5.41, 5.74) is -0.811. The third-order valence-electron chi connectivity index (χ3n) is 3.01. The molecular weight excluding hydrogens is 254 g/mol. The first-order valence-electron chi connectivity index (χ1n) is 5.96. The van der Waals surface area contributed by atoms with Crippen molar-refractivity contribution < 1.29 is 18.3 Å². The maximum absolute atomic E-state index is 11.5. The second-order valence-electron chi connectivity index (χ2n) is 4.63. The van der Waals surface area contributed by atoms with Gasteiger partial charge >= 0.3 is 0 Å². The summed E-state index contributed by atoms with van der Waals surface area (Å²) in [4.78, 5) is 4.00. The Bertz CT molecular complexity index is 529. The topological polar surface area (TPSA) is 76.5 Å². The highest BCUT2D eigenvalue weighted by molar-refractivity contribution is 7.91. The summed E-state index contributed by atoms with van der Waals surface area (Å²) in [6.45, 7) is 2.57. The van der Waals surface area contributed by atoms with Crippen LogP contribution in [-0.4, -0.2) is 36.6 Å². The Labute approximate surface area is 107 Å². The summed E-state index contributed by atoms with van der Waals surface area (Å²) in [7, 11) is -3.15. The lowest BCUT2D eigenvalue weighted by Gasteiger charge is -2.21. The molecule has 1 fully saturated rings. The van der Waals surface area contributed by atoms with Crippen molar-refractivity contribution in [2.75, 3.05) is 18.1 Å². The number of hydrogen-bond donors (Lipinski definition) is 1. The maximum Gasteiger partial charge on any atom is 0.153 e. The van der Waals surface area contributed by atoms with E-state index in [0.717, 1.165) is 6.42 Å². The molecular formula is C12H17NO4S. The van der Waals surface area contributed by atoms with Crippen molar-refractivity contribution in [3.05, 3.63) is 24.0 Å². The van der Waals surface area contributed by atoms with Gasteiger partial charge in [-0.05, 0) is 18.9 Å². The maximum atomic E-state index is 11.5. The minimum atomic E-state index is -3.15. The Morgan fingerprint density at radius 3 is 2.89 bits per heavy atom. The molecule has 1 aliphatic heterocycles. The molecule has 6 heteroatoms. The number of aromatic nitrogens is 1. The summed E-state index contributed by atoms with van der Waals surface area (Å²) in [6, 6.07) is 1.67. The number of nitrogens with zero attached hydrogens (tertiary/aromatic N) is 1. The average Bonchev–Trinajstić information content (AvgIpc) is 2.63. The fourth-order valence-corrected chi connectivity index (χ4v) is 3.86. The molecule has 0 aliphatic carbocycles. The van der Waals surface area contributed by atoms with E-state index in [2.05, 4.69) is 4.98 Å². The number of pyridine rings is 1. The Balaban J connectivity index is 2.23. The van der Waals surface area contributed by atoms with E-state index in [1.807, 2.05) is 6.92 Å². The largest absolute Gasteiger partial charge is 0.492 e. The van der Waals surface area contributed by atoms with Gasteiger partial charge in [0.15, 0.2) is 9.84 Å². The first-order chi connectivity index (χ1) is 8.45. The predicted molar refractivity (Wildman–Crippen MR) is 67.2 cm³/mol. The second kappa shape index (κ2) is 4.85. The number of sulfone groups is 1. The molecule has 100 valence electrons. The molecule has 0 amide bonds. The van der Waals surface area contributed by atoms with Crippen LogP contribution in [0.1, 0.15) is 25.3 Å². The van der Waals surface area contributed by atoms with Crippen LogP contribution in [0.4, 0.5) is 0 Å². The van der Waals surface area contributed by atoms with Crippen LogP contribution in [0.15, 0.2) is 18.5 Å². The number of hydrogen-bond acceptors (Lipinski definition) is 5. The SMILES string of the molecule is CCCOc1cncc(C2(O)CCS(=O)(=O)C2)c1.